The molecule has 4 heteroatoms. The van der Waals surface area contributed by atoms with Gasteiger partial charge in [-0.2, -0.15) is 0 Å². The van der Waals surface area contributed by atoms with Gasteiger partial charge in [-0.15, -0.1) is 11.3 Å². The molecule has 2 heterocycles. The lowest BCUT2D eigenvalue weighted by Gasteiger charge is -2.11. The number of aliphatic hydroxyl groups is 1. The van der Waals surface area contributed by atoms with Gasteiger partial charge >= 0.3 is 0 Å². The van der Waals surface area contributed by atoms with Crippen molar-refractivity contribution < 1.29 is 5.11 Å². The van der Waals surface area contributed by atoms with Crippen LogP contribution in [0.25, 0.3) is 4.83 Å². The van der Waals surface area contributed by atoms with Gasteiger partial charge in [0.15, 0.2) is 0 Å². The largest absolute Gasteiger partial charge is 0.387 e. The van der Waals surface area contributed by atoms with Crippen molar-refractivity contribution in [2.75, 3.05) is 0 Å². The lowest BCUT2D eigenvalue weighted by molar-refractivity contribution is 0.145. The molecule has 1 aliphatic carbocycles. The van der Waals surface area contributed by atoms with Crippen molar-refractivity contribution in [1.82, 2.24) is 9.38 Å². The van der Waals surface area contributed by atoms with Crippen LogP contribution in [0.3, 0.4) is 0 Å². The van der Waals surface area contributed by atoms with Crippen LogP contribution in [0.4, 0.5) is 0 Å². The zero-order chi connectivity index (χ0) is 13.7. The molecule has 4 rings (SSSR count). The molecule has 1 aliphatic rings. The van der Waals surface area contributed by atoms with Crippen molar-refractivity contribution in [2.24, 2.45) is 5.92 Å². The summed E-state index contributed by atoms with van der Waals surface area (Å²) >= 11 is 1.70. The minimum atomic E-state index is -0.400. The highest BCUT2D eigenvalue weighted by Crippen LogP contribution is 2.54. The Kier molecular flexibility index (Phi) is 2.69. The summed E-state index contributed by atoms with van der Waals surface area (Å²) in [5.41, 5.74) is 2.36. The minimum Gasteiger partial charge on any atom is -0.387 e. The van der Waals surface area contributed by atoms with Gasteiger partial charge in [0.1, 0.15) is 11.2 Å². The Morgan fingerprint density at radius 1 is 1.35 bits per heavy atom. The van der Waals surface area contributed by atoms with Crippen molar-refractivity contribution in [3.63, 3.8) is 0 Å². The molecule has 3 aromatic rings. The van der Waals surface area contributed by atoms with Crippen LogP contribution >= 0.6 is 11.3 Å². The number of benzene rings is 1. The summed E-state index contributed by atoms with van der Waals surface area (Å²) in [4.78, 5) is 6.46. The van der Waals surface area contributed by atoms with Crippen LogP contribution in [-0.2, 0) is 0 Å². The van der Waals surface area contributed by atoms with Gasteiger partial charge in [-0.1, -0.05) is 30.3 Å². The predicted molar refractivity (Wildman–Crippen MR) is 80.1 cm³/mol. The number of thiazole rings is 1. The molecule has 1 N–H and O–H groups in total. The van der Waals surface area contributed by atoms with Crippen molar-refractivity contribution in [1.29, 1.82) is 0 Å². The van der Waals surface area contributed by atoms with Crippen LogP contribution in [0.2, 0.25) is 0 Å². The van der Waals surface area contributed by atoms with E-state index in [1.54, 1.807) is 17.7 Å². The Hall–Kier alpha value is -1.65. The first-order valence-electron chi connectivity index (χ1n) is 6.90. The molecule has 1 saturated carbocycles. The van der Waals surface area contributed by atoms with Crippen molar-refractivity contribution in [3.8, 4) is 0 Å². The molecule has 3 atom stereocenters. The highest BCUT2D eigenvalue weighted by Gasteiger charge is 2.45. The average molecular weight is 284 g/mol. The van der Waals surface area contributed by atoms with Crippen LogP contribution in [0.1, 0.15) is 34.6 Å². The molecule has 0 bridgehead atoms. The Morgan fingerprint density at radius 2 is 2.15 bits per heavy atom. The molecule has 2 aromatic heterocycles. The Bertz CT molecular complexity index is 746. The average Bonchev–Trinajstić information content (AvgIpc) is 3.05. The number of hydrogen-bond donors (Lipinski definition) is 1. The predicted octanol–water partition coefficient (Wildman–Crippen LogP) is 3.54. The van der Waals surface area contributed by atoms with E-state index in [2.05, 4.69) is 36.2 Å². The quantitative estimate of drug-likeness (QED) is 0.798. The molecule has 0 amide bonds. The fourth-order valence-corrected chi connectivity index (χ4v) is 4.11. The molecule has 3 nitrogen and oxygen atoms in total. The zero-order valence-electron chi connectivity index (χ0n) is 11.2. The fraction of sp³-hybridized carbons (Fsp3) is 0.312. The maximum atomic E-state index is 10.7. The number of hydrogen-bond acceptors (Lipinski definition) is 3. The van der Waals surface area contributed by atoms with Crippen molar-refractivity contribution >= 4 is 16.2 Å². The number of fused-ring (bicyclic) bond motifs is 1. The summed E-state index contributed by atoms with van der Waals surface area (Å²) < 4.78 is 2.03. The maximum absolute atomic E-state index is 10.7. The van der Waals surface area contributed by atoms with Crippen LogP contribution in [0.5, 0.6) is 0 Å². The van der Waals surface area contributed by atoms with E-state index in [0.29, 0.717) is 11.8 Å². The molecule has 102 valence electrons. The second-order valence-corrected chi connectivity index (χ2v) is 6.74. The Morgan fingerprint density at radius 3 is 2.95 bits per heavy atom. The highest BCUT2D eigenvalue weighted by molar-refractivity contribution is 7.17. The summed E-state index contributed by atoms with van der Waals surface area (Å²) in [7, 11) is 0. The van der Waals surface area contributed by atoms with E-state index in [1.807, 2.05) is 16.7 Å². The molecule has 0 aliphatic heterocycles. The summed E-state index contributed by atoms with van der Waals surface area (Å²) in [5.74, 6) is 0.820. The third-order valence-corrected chi connectivity index (χ3v) is 5.26. The van der Waals surface area contributed by atoms with E-state index in [0.717, 1.165) is 16.9 Å². The highest BCUT2D eigenvalue weighted by atomic mass is 32.1. The van der Waals surface area contributed by atoms with Gasteiger partial charge in [0.25, 0.3) is 0 Å². The van der Waals surface area contributed by atoms with Crippen LogP contribution in [-0.4, -0.2) is 14.5 Å². The monoisotopic (exact) mass is 284 g/mol. The number of rotatable bonds is 3. The number of aliphatic hydroxyl groups excluding tert-OH is 1. The molecule has 3 unspecified atom stereocenters. The van der Waals surface area contributed by atoms with E-state index in [1.165, 1.54) is 10.4 Å². The second-order valence-electron chi connectivity index (χ2n) is 5.51. The number of aromatic nitrogens is 2. The normalized spacial score (nSPS) is 23.1. The zero-order valence-corrected chi connectivity index (χ0v) is 12.0. The molecule has 0 radical (unpaired) electrons. The van der Waals surface area contributed by atoms with Gasteiger partial charge in [0.2, 0.25) is 0 Å². The standard InChI is InChI=1S/C16H16N2OS/c1-10-15(18-9-17-8-14(18)20-10)16(19)13-7-12(13)11-5-3-2-4-6-11/h2-6,8-9,12-13,16,19H,7H2,1H3. The minimum absolute atomic E-state index is 0.330. The topological polar surface area (TPSA) is 37.5 Å². The Labute approximate surface area is 121 Å². The number of aryl methyl sites for hydroxylation is 1. The van der Waals surface area contributed by atoms with Crippen LogP contribution in [0, 0.1) is 12.8 Å². The van der Waals surface area contributed by atoms with E-state index >= 15 is 0 Å². The van der Waals surface area contributed by atoms with Gasteiger partial charge in [-0.05, 0) is 30.7 Å². The van der Waals surface area contributed by atoms with Gasteiger partial charge in [0, 0.05) is 4.88 Å². The van der Waals surface area contributed by atoms with Crippen molar-refractivity contribution in [3.05, 3.63) is 59.0 Å². The first-order valence-corrected chi connectivity index (χ1v) is 7.71. The summed E-state index contributed by atoms with van der Waals surface area (Å²) in [6.45, 7) is 2.08. The smallest absolute Gasteiger partial charge is 0.120 e. The first kappa shape index (κ1) is 12.1. The molecule has 0 saturated heterocycles. The first-order chi connectivity index (χ1) is 9.75. The molecule has 20 heavy (non-hydrogen) atoms. The maximum Gasteiger partial charge on any atom is 0.120 e. The van der Waals surface area contributed by atoms with Crippen LogP contribution < -0.4 is 0 Å². The lowest BCUT2D eigenvalue weighted by atomic mass is 10.0. The molecule has 0 spiro atoms. The molecular weight excluding hydrogens is 268 g/mol. The number of nitrogens with zero attached hydrogens (tertiary/aromatic N) is 2. The van der Waals surface area contributed by atoms with E-state index in [9.17, 15) is 5.11 Å². The van der Waals surface area contributed by atoms with E-state index in [-0.39, 0.29) is 0 Å². The SMILES string of the molecule is Cc1sc2cncn2c1C(O)C1CC1c1ccccc1. The summed E-state index contributed by atoms with van der Waals surface area (Å²) in [6, 6.07) is 10.5. The van der Waals surface area contributed by atoms with Gasteiger partial charge in [-0.3, -0.25) is 4.40 Å². The Balaban J connectivity index is 1.64. The van der Waals surface area contributed by atoms with Crippen LogP contribution in [0.15, 0.2) is 42.9 Å². The summed E-state index contributed by atoms with van der Waals surface area (Å²) in [5, 5.41) is 10.7. The number of imidazole rings is 1. The van der Waals surface area contributed by atoms with Gasteiger partial charge in [-0.25, -0.2) is 4.98 Å². The summed E-state index contributed by atoms with van der Waals surface area (Å²) in [6.07, 6.45) is 4.33. The second kappa shape index (κ2) is 4.43. The third kappa shape index (κ3) is 1.79. The van der Waals surface area contributed by atoms with E-state index < -0.39 is 6.10 Å². The lowest BCUT2D eigenvalue weighted by Crippen LogP contribution is -2.06. The fourth-order valence-electron chi connectivity index (χ4n) is 3.12. The molecular formula is C16H16N2OS. The van der Waals surface area contributed by atoms with Crippen molar-refractivity contribution in [2.45, 2.75) is 25.4 Å². The molecule has 1 aromatic carbocycles. The third-order valence-electron chi connectivity index (χ3n) is 4.24. The van der Waals surface area contributed by atoms with Gasteiger partial charge < -0.3 is 5.11 Å². The van der Waals surface area contributed by atoms with E-state index in [4.69, 9.17) is 0 Å². The van der Waals surface area contributed by atoms with Gasteiger partial charge in [0.05, 0.1) is 18.0 Å². The molecule has 1 fully saturated rings.